The van der Waals surface area contributed by atoms with Crippen LogP contribution in [0, 0.1) is 11.8 Å². The van der Waals surface area contributed by atoms with Gasteiger partial charge in [-0.2, -0.15) is 0 Å². The lowest BCUT2D eigenvalue weighted by molar-refractivity contribution is -0.121. The Hall–Kier alpha value is -1.04. The van der Waals surface area contributed by atoms with Gasteiger partial charge in [-0.05, 0) is 19.0 Å². The van der Waals surface area contributed by atoms with Crippen molar-refractivity contribution in [3.05, 3.63) is 18.5 Å². The molecule has 0 spiro atoms. The van der Waals surface area contributed by atoms with E-state index in [0.717, 1.165) is 13.1 Å². The molecule has 1 saturated heterocycles. The van der Waals surface area contributed by atoms with Crippen LogP contribution in [0.25, 0.3) is 0 Å². The molecule has 1 aliphatic rings. The van der Waals surface area contributed by atoms with E-state index in [0.29, 0.717) is 17.4 Å². The quantitative estimate of drug-likeness (QED) is 0.889. The van der Waals surface area contributed by atoms with Crippen molar-refractivity contribution >= 4 is 36.4 Å². The minimum absolute atomic E-state index is 0. The summed E-state index contributed by atoms with van der Waals surface area (Å²) < 4.78 is 5.16. The van der Waals surface area contributed by atoms with E-state index in [2.05, 4.69) is 15.6 Å². The molecule has 0 radical (unpaired) electrons. The van der Waals surface area contributed by atoms with E-state index in [1.807, 2.05) is 6.92 Å². The minimum Gasteiger partial charge on any atom is -0.494 e. The molecule has 7 heteroatoms. The molecule has 2 rings (SSSR count). The van der Waals surface area contributed by atoms with Gasteiger partial charge in [-0.3, -0.25) is 9.78 Å². The summed E-state index contributed by atoms with van der Waals surface area (Å²) >= 11 is 0. The average Bonchev–Trinajstić information content (AvgIpc) is 2.27. The van der Waals surface area contributed by atoms with Gasteiger partial charge in [0.05, 0.1) is 13.3 Å². The van der Waals surface area contributed by atoms with Crippen molar-refractivity contribution in [1.82, 2.24) is 10.3 Å². The number of aromatic nitrogens is 1. The van der Waals surface area contributed by atoms with Crippen LogP contribution in [0.5, 0.6) is 5.75 Å². The fourth-order valence-electron chi connectivity index (χ4n) is 1.78. The zero-order chi connectivity index (χ0) is 12.3. The Labute approximate surface area is 125 Å². The second-order valence-corrected chi connectivity index (χ2v) is 4.27. The molecule has 1 fully saturated rings. The van der Waals surface area contributed by atoms with E-state index in [9.17, 15) is 4.79 Å². The summed E-state index contributed by atoms with van der Waals surface area (Å²) in [6, 6.07) is 1.73. The third-order valence-corrected chi connectivity index (χ3v) is 3.19. The number of hydrogen-bond donors (Lipinski definition) is 2. The van der Waals surface area contributed by atoms with Crippen molar-refractivity contribution in [2.75, 3.05) is 25.5 Å². The van der Waals surface area contributed by atoms with Crippen LogP contribution < -0.4 is 15.4 Å². The van der Waals surface area contributed by atoms with Crippen molar-refractivity contribution in [3.8, 4) is 5.75 Å². The molecule has 1 unspecified atom stereocenters. The molecule has 0 saturated carbocycles. The molecule has 2 heterocycles. The molecule has 0 aliphatic carbocycles. The molecule has 0 bridgehead atoms. The van der Waals surface area contributed by atoms with Crippen molar-refractivity contribution in [2.24, 2.45) is 11.8 Å². The molecule has 0 aromatic carbocycles. The largest absolute Gasteiger partial charge is 0.494 e. The number of carbonyl (C=O) groups excluding carboxylic acids is 1. The lowest BCUT2D eigenvalue weighted by atomic mass is 9.88. The fraction of sp³-hybridized carbons (Fsp3) is 0.500. The Kier molecular flexibility index (Phi) is 7.75. The SMILES string of the molecule is COc1ccncc1NC(=O)C(C)C1CNC1.Cl.Cl. The maximum absolute atomic E-state index is 12.0. The normalized spacial score (nSPS) is 15.3. The topological polar surface area (TPSA) is 63.2 Å². The summed E-state index contributed by atoms with van der Waals surface area (Å²) in [5.74, 6) is 1.08. The molecule has 1 aromatic heterocycles. The number of nitrogens with one attached hydrogen (secondary N) is 2. The Balaban J connectivity index is 0.00000162. The summed E-state index contributed by atoms with van der Waals surface area (Å²) in [5, 5.41) is 6.02. The van der Waals surface area contributed by atoms with Gasteiger partial charge < -0.3 is 15.4 Å². The first-order valence-corrected chi connectivity index (χ1v) is 5.72. The highest BCUT2D eigenvalue weighted by atomic mass is 35.5. The fourth-order valence-corrected chi connectivity index (χ4v) is 1.78. The number of pyridine rings is 1. The summed E-state index contributed by atoms with van der Waals surface area (Å²) in [7, 11) is 1.57. The van der Waals surface area contributed by atoms with Crippen LogP contribution in [0.3, 0.4) is 0 Å². The molecular weight excluding hydrogens is 289 g/mol. The summed E-state index contributed by atoms with van der Waals surface area (Å²) in [6.45, 7) is 3.78. The first-order chi connectivity index (χ1) is 8.22. The smallest absolute Gasteiger partial charge is 0.227 e. The average molecular weight is 308 g/mol. The third kappa shape index (κ3) is 4.23. The molecule has 1 aromatic rings. The van der Waals surface area contributed by atoms with Gasteiger partial charge in [0.2, 0.25) is 5.91 Å². The molecule has 108 valence electrons. The van der Waals surface area contributed by atoms with Crippen LogP contribution >= 0.6 is 24.8 Å². The van der Waals surface area contributed by atoms with Crippen molar-refractivity contribution in [1.29, 1.82) is 0 Å². The van der Waals surface area contributed by atoms with Crippen LogP contribution in [-0.4, -0.2) is 31.1 Å². The molecule has 5 nitrogen and oxygen atoms in total. The zero-order valence-electron chi connectivity index (χ0n) is 10.9. The van der Waals surface area contributed by atoms with Gasteiger partial charge >= 0.3 is 0 Å². The van der Waals surface area contributed by atoms with Crippen molar-refractivity contribution in [3.63, 3.8) is 0 Å². The summed E-state index contributed by atoms with van der Waals surface area (Å²) in [6.07, 6.45) is 3.23. The van der Waals surface area contributed by atoms with Gasteiger partial charge in [0, 0.05) is 18.2 Å². The molecule has 1 atom stereocenters. The number of anilines is 1. The van der Waals surface area contributed by atoms with Gasteiger partial charge in [0.1, 0.15) is 11.4 Å². The van der Waals surface area contributed by atoms with Gasteiger partial charge in [-0.15, -0.1) is 24.8 Å². The Morgan fingerprint density at radius 1 is 1.53 bits per heavy atom. The van der Waals surface area contributed by atoms with Gasteiger partial charge in [-0.1, -0.05) is 6.92 Å². The first kappa shape index (κ1) is 18.0. The Bertz CT molecular complexity index is 414. The maximum Gasteiger partial charge on any atom is 0.227 e. The number of carbonyl (C=O) groups is 1. The number of hydrogen-bond acceptors (Lipinski definition) is 4. The van der Waals surface area contributed by atoms with Crippen LogP contribution in [0.1, 0.15) is 6.92 Å². The van der Waals surface area contributed by atoms with Crippen LogP contribution in [0.4, 0.5) is 5.69 Å². The first-order valence-electron chi connectivity index (χ1n) is 5.72. The lowest BCUT2D eigenvalue weighted by Crippen LogP contribution is -2.48. The number of methoxy groups -OCH3 is 1. The van der Waals surface area contributed by atoms with Crippen LogP contribution in [-0.2, 0) is 4.79 Å². The van der Waals surface area contributed by atoms with E-state index in [1.165, 1.54) is 0 Å². The number of halogens is 2. The maximum atomic E-state index is 12.0. The second kappa shape index (κ2) is 8.19. The Morgan fingerprint density at radius 3 is 2.74 bits per heavy atom. The van der Waals surface area contributed by atoms with Gasteiger partial charge in [-0.25, -0.2) is 0 Å². The van der Waals surface area contributed by atoms with E-state index >= 15 is 0 Å². The van der Waals surface area contributed by atoms with E-state index < -0.39 is 0 Å². The highest BCUT2D eigenvalue weighted by Crippen LogP contribution is 2.24. The molecule has 1 amide bonds. The molecule has 19 heavy (non-hydrogen) atoms. The van der Waals surface area contributed by atoms with E-state index in [-0.39, 0.29) is 36.6 Å². The number of rotatable bonds is 4. The lowest BCUT2D eigenvalue weighted by Gasteiger charge is -2.31. The van der Waals surface area contributed by atoms with Crippen LogP contribution in [0.2, 0.25) is 0 Å². The monoisotopic (exact) mass is 307 g/mol. The molecular formula is C12H19Cl2N3O2. The number of nitrogens with zero attached hydrogens (tertiary/aromatic N) is 1. The highest BCUT2D eigenvalue weighted by molar-refractivity contribution is 5.93. The number of amides is 1. The number of ether oxygens (including phenoxy) is 1. The van der Waals surface area contributed by atoms with E-state index in [1.54, 1.807) is 25.6 Å². The predicted octanol–water partition coefficient (Wildman–Crippen LogP) is 1.73. The second-order valence-electron chi connectivity index (χ2n) is 4.27. The van der Waals surface area contributed by atoms with Gasteiger partial charge in [0.25, 0.3) is 0 Å². The van der Waals surface area contributed by atoms with Crippen LogP contribution in [0.15, 0.2) is 18.5 Å². The van der Waals surface area contributed by atoms with Crippen molar-refractivity contribution < 1.29 is 9.53 Å². The van der Waals surface area contributed by atoms with Gasteiger partial charge in [0.15, 0.2) is 0 Å². The summed E-state index contributed by atoms with van der Waals surface area (Å²) in [5.41, 5.74) is 0.624. The Morgan fingerprint density at radius 2 is 2.21 bits per heavy atom. The summed E-state index contributed by atoms with van der Waals surface area (Å²) in [4.78, 5) is 16.0. The molecule has 1 aliphatic heterocycles. The zero-order valence-corrected chi connectivity index (χ0v) is 12.5. The third-order valence-electron chi connectivity index (χ3n) is 3.19. The standard InChI is InChI=1S/C12H17N3O2.2ClH/c1-8(9-5-14-6-9)12(16)15-10-7-13-4-3-11(10)17-2;;/h3-4,7-9,14H,5-6H2,1-2H3,(H,15,16);2*1H. The predicted molar refractivity (Wildman–Crippen MR) is 79.4 cm³/mol. The van der Waals surface area contributed by atoms with Crippen molar-refractivity contribution in [2.45, 2.75) is 6.92 Å². The highest BCUT2D eigenvalue weighted by Gasteiger charge is 2.29. The molecule has 2 N–H and O–H groups in total. The van der Waals surface area contributed by atoms with E-state index in [4.69, 9.17) is 4.74 Å². The minimum atomic E-state index is 0.